The first-order chi connectivity index (χ1) is 12.0. The lowest BCUT2D eigenvalue weighted by Crippen LogP contribution is -2.43. The highest BCUT2D eigenvalue weighted by atomic mass is 35.5. The van der Waals surface area contributed by atoms with E-state index in [0.29, 0.717) is 21.6 Å². The van der Waals surface area contributed by atoms with Crippen molar-refractivity contribution in [3.8, 4) is 5.75 Å². The zero-order chi connectivity index (χ0) is 17.8. The van der Waals surface area contributed by atoms with Crippen LogP contribution in [0.2, 0.25) is 10.0 Å². The molecule has 134 valence electrons. The molecule has 5 nitrogen and oxygen atoms in total. The van der Waals surface area contributed by atoms with Gasteiger partial charge in [0.2, 0.25) is 0 Å². The number of benzene rings is 1. The lowest BCUT2D eigenvalue weighted by Gasteiger charge is -2.29. The Labute approximate surface area is 156 Å². The van der Waals surface area contributed by atoms with Crippen LogP contribution in [0.4, 0.5) is 0 Å². The molecule has 0 bridgehead atoms. The lowest BCUT2D eigenvalue weighted by molar-refractivity contribution is 0.0884. The second-order valence-electron chi connectivity index (χ2n) is 6.16. The maximum Gasteiger partial charge on any atom is 0.287 e. The molecule has 1 N–H and O–H groups in total. The van der Waals surface area contributed by atoms with E-state index < -0.39 is 0 Å². The fourth-order valence-electron chi connectivity index (χ4n) is 2.73. The summed E-state index contributed by atoms with van der Waals surface area (Å²) < 4.78 is 11.2. The molecule has 0 saturated carbocycles. The Morgan fingerprint density at radius 1 is 1.28 bits per heavy atom. The lowest BCUT2D eigenvalue weighted by atomic mass is 10.1. The third-order valence-electron chi connectivity index (χ3n) is 4.23. The maximum atomic E-state index is 12.3. The highest BCUT2D eigenvalue weighted by molar-refractivity contribution is 6.42. The van der Waals surface area contributed by atoms with Crippen LogP contribution in [0.1, 0.15) is 29.2 Å². The van der Waals surface area contributed by atoms with E-state index in [0.717, 1.165) is 25.9 Å². The molecule has 1 aromatic heterocycles. The molecule has 1 aromatic carbocycles. The van der Waals surface area contributed by atoms with Crippen LogP contribution in [0, 0.1) is 0 Å². The van der Waals surface area contributed by atoms with Crippen LogP contribution in [0.3, 0.4) is 0 Å². The van der Waals surface area contributed by atoms with E-state index >= 15 is 0 Å². The Morgan fingerprint density at radius 2 is 2.04 bits per heavy atom. The number of piperidine rings is 1. The molecule has 1 fully saturated rings. The van der Waals surface area contributed by atoms with Gasteiger partial charge < -0.3 is 19.4 Å². The Bertz CT molecular complexity index is 740. The number of rotatable bonds is 5. The number of nitrogens with zero attached hydrogens (tertiary/aromatic N) is 1. The molecule has 0 atom stereocenters. The SMILES string of the molecule is CN1CCC(NC(=O)c2ccc(COc3cccc(Cl)c3Cl)o2)CC1. The molecule has 1 saturated heterocycles. The number of furan rings is 1. The van der Waals surface area contributed by atoms with Gasteiger partial charge in [0, 0.05) is 6.04 Å². The predicted octanol–water partition coefficient (Wildman–Crippen LogP) is 3.99. The normalized spacial score (nSPS) is 16.0. The Hall–Kier alpha value is -1.69. The van der Waals surface area contributed by atoms with Gasteiger partial charge in [-0.3, -0.25) is 4.79 Å². The second kappa shape index (κ2) is 8.13. The third kappa shape index (κ3) is 4.69. The van der Waals surface area contributed by atoms with Gasteiger partial charge in [-0.1, -0.05) is 29.3 Å². The standard InChI is InChI=1S/C18H20Cl2N2O3/c1-22-9-7-12(8-10-22)21-18(23)16-6-5-13(25-16)11-24-15-4-2-3-14(19)17(15)20/h2-6,12H,7-11H2,1H3,(H,21,23). The summed E-state index contributed by atoms with van der Waals surface area (Å²) in [6, 6.07) is 8.75. The molecular formula is C18H20Cl2N2O3. The summed E-state index contributed by atoms with van der Waals surface area (Å²) in [5, 5.41) is 3.81. The van der Waals surface area contributed by atoms with Crippen molar-refractivity contribution < 1.29 is 13.9 Å². The van der Waals surface area contributed by atoms with Gasteiger partial charge in [0.05, 0.1) is 5.02 Å². The van der Waals surface area contributed by atoms with Crippen molar-refractivity contribution in [2.24, 2.45) is 0 Å². The van der Waals surface area contributed by atoms with E-state index in [2.05, 4.69) is 17.3 Å². The van der Waals surface area contributed by atoms with Crippen molar-refractivity contribution in [3.05, 3.63) is 51.9 Å². The zero-order valence-electron chi connectivity index (χ0n) is 13.9. The highest BCUT2D eigenvalue weighted by Gasteiger charge is 2.20. The average Bonchev–Trinajstić information content (AvgIpc) is 3.07. The van der Waals surface area contributed by atoms with Gasteiger partial charge in [-0.05, 0) is 57.2 Å². The molecule has 0 spiro atoms. The van der Waals surface area contributed by atoms with Crippen molar-refractivity contribution in [2.45, 2.75) is 25.5 Å². The van der Waals surface area contributed by atoms with Crippen LogP contribution in [-0.4, -0.2) is 37.0 Å². The highest BCUT2D eigenvalue weighted by Crippen LogP contribution is 2.32. The Morgan fingerprint density at radius 3 is 2.80 bits per heavy atom. The molecule has 2 aromatic rings. The van der Waals surface area contributed by atoms with E-state index in [-0.39, 0.29) is 24.3 Å². The van der Waals surface area contributed by atoms with E-state index in [1.54, 1.807) is 30.3 Å². The molecule has 25 heavy (non-hydrogen) atoms. The molecule has 1 amide bonds. The van der Waals surface area contributed by atoms with E-state index in [4.69, 9.17) is 32.4 Å². The van der Waals surface area contributed by atoms with Crippen LogP contribution >= 0.6 is 23.2 Å². The second-order valence-corrected chi connectivity index (χ2v) is 6.94. The van der Waals surface area contributed by atoms with Crippen LogP contribution < -0.4 is 10.1 Å². The summed E-state index contributed by atoms with van der Waals surface area (Å²) in [6.07, 6.45) is 1.90. The van der Waals surface area contributed by atoms with Gasteiger partial charge >= 0.3 is 0 Å². The summed E-state index contributed by atoms with van der Waals surface area (Å²) >= 11 is 12.0. The first kappa shape index (κ1) is 18.1. The fourth-order valence-corrected chi connectivity index (χ4v) is 3.08. The number of ether oxygens (including phenoxy) is 1. The van der Waals surface area contributed by atoms with Crippen molar-refractivity contribution >= 4 is 29.1 Å². The van der Waals surface area contributed by atoms with Crippen molar-refractivity contribution in [1.82, 2.24) is 10.2 Å². The van der Waals surface area contributed by atoms with Gasteiger partial charge in [-0.25, -0.2) is 0 Å². The molecular weight excluding hydrogens is 363 g/mol. The van der Waals surface area contributed by atoms with Crippen LogP contribution in [0.15, 0.2) is 34.7 Å². The smallest absolute Gasteiger partial charge is 0.287 e. The summed E-state index contributed by atoms with van der Waals surface area (Å²) in [5.74, 6) is 1.11. The van der Waals surface area contributed by atoms with Crippen molar-refractivity contribution in [3.63, 3.8) is 0 Å². The number of halogens is 2. The number of hydrogen-bond donors (Lipinski definition) is 1. The van der Waals surface area contributed by atoms with E-state index in [1.165, 1.54) is 0 Å². The quantitative estimate of drug-likeness (QED) is 0.849. The van der Waals surface area contributed by atoms with Gasteiger partial charge in [-0.2, -0.15) is 0 Å². The van der Waals surface area contributed by atoms with Gasteiger partial charge in [0.15, 0.2) is 5.76 Å². The first-order valence-electron chi connectivity index (χ1n) is 8.18. The van der Waals surface area contributed by atoms with Crippen LogP contribution in [0.25, 0.3) is 0 Å². The average molecular weight is 383 g/mol. The summed E-state index contributed by atoms with van der Waals surface area (Å²) in [6.45, 7) is 2.15. The minimum Gasteiger partial charge on any atom is -0.484 e. The number of amides is 1. The molecule has 7 heteroatoms. The number of carbonyl (C=O) groups is 1. The predicted molar refractivity (Wildman–Crippen MR) is 97.5 cm³/mol. The Balaban J connectivity index is 1.55. The minimum atomic E-state index is -0.193. The molecule has 2 heterocycles. The van der Waals surface area contributed by atoms with Crippen molar-refractivity contribution in [1.29, 1.82) is 0 Å². The number of carbonyl (C=O) groups excluding carboxylic acids is 1. The van der Waals surface area contributed by atoms with Gasteiger partial charge in [0.25, 0.3) is 5.91 Å². The molecule has 3 rings (SSSR count). The molecule has 0 aliphatic carbocycles. The summed E-state index contributed by atoms with van der Waals surface area (Å²) in [5.41, 5.74) is 0. The number of nitrogens with one attached hydrogen (secondary N) is 1. The first-order valence-corrected chi connectivity index (χ1v) is 8.93. The fraction of sp³-hybridized carbons (Fsp3) is 0.389. The third-order valence-corrected chi connectivity index (χ3v) is 5.03. The largest absolute Gasteiger partial charge is 0.484 e. The van der Waals surface area contributed by atoms with E-state index in [1.807, 2.05) is 0 Å². The minimum absolute atomic E-state index is 0.168. The van der Waals surface area contributed by atoms with E-state index in [9.17, 15) is 4.79 Å². The summed E-state index contributed by atoms with van der Waals surface area (Å²) in [7, 11) is 2.09. The molecule has 1 aliphatic rings. The van der Waals surface area contributed by atoms with Crippen molar-refractivity contribution in [2.75, 3.05) is 20.1 Å². The molecule has 0 radical (unpaired) electrons. The number of hydrogen-bond acceptors (Lipinski definition) is 4. The monoisotopic (exact) mass is 382 g/mol. The summed E-state index contributed by atoms with van der Waals surface area (Å²) in [4.78, 5) is 14.5. The van der Waals surface area contributed by atoms with Gasteiger partial charge in [0.1, 0.15) is 23.1 Å². The number of likely N-dealkylation sites (tertiary alicyclic amines) is 1. The molecule has 0 unspecified atom stereocenters. The zero-order valence-corrected chi connectivity index (χ0v) is 15.4. The molecule has 1 aliphatic heterocycles. The maximum absolute atomic E-state index is 12.3. The van der Waals surface area contributed by atoms with Gasteiger partial charge in [-0.15, -0.1) is 0 Å². The Kier molecular flexibility index (Phi) is 5.89. The topological polar surface area (TPSA) is 54.7 Å². The van der Waals surface area contributed by atoms with Crippen LogP contribution in [-0.2, 0) is 6.61 Å². The van der Waals surface area contributed by atoms with Crippen LogP contribution in [0.5, 0.6) is 5.75 Å².